The summed E-state index contributed by atoms with van der Waals surface area (Å²) in [6, 6.07) is 0. The molecule has 0 fully saturated rings. The summed E-state index contributed by atoms with van der Waals surface area (Å²) >= 11 is 1.26. The van der Waals surface area contributed by atoms with Gasteiger partial charge in [-0.15, -0.1) is 11.3 Å². The summed E-state index contributed by atoms with van der Waals surface area (Å²) in [5.41, 5.74) is 5.35. The topological polar surface area (TPSA) is 71.1 Å². The molecular formula is C9H13N3O2S. The summed E-state index contributed by atoms with van der Waals surface area (Å²) in [4.78, 5) is 26.1. The van der Waals surface area contributed by atoms with Gasteiger partial charge >= 0.3 is 0 Å². The van der Waals surface area contributed by atoms with Crippen LogP contribution < -0.4 is 10.9 Å². The average molecular weight is 227 g/mol. The Morgan fingerprint density at radius 1 is 1.40 bits per heavy atom. The number of thiazole rings is 1. The Hall–Kier alpha value is -1.43. The Bertz CT molecular complexity index is 373. The average Bonchev–Trinajstić information content (AvgIpc) is 2.62. The first kappa shape index (κ1) is 11.6. The Morgan fingerprint density at radius 3 is 2.53 bits per heavy atom. The third-order valence-corrected chi connectivity index (χ3v) is 2.52. The molecule has 0 spiro atoms. The van der Waals surface area contributed by atoms with E-state index < -0.39 is 0 Å². The van der Waals surface area contributed by atoms with E-state index in [1.54, 1.807) is 0 Å². The molecule has 0 aliphatic rings. The predicted molar refractivity (Wildman–Crippen MR) is 57.5 cm³/mol. The number of hydrazine groups is 1. The van der Waals surface area contributed by atoms with Gasteiger partial charge in [0, 0.05) is 12.3 Å². The molecule has 0 radical (unpaired) electrons. The van der Waals surface area contributed by atoms with E-state index in [0.29, 0.717) is 10.9 Å². The molecule has 82 valence electrons. The van der Waals surface area contributed by atoms with Crippen molar-refractivity contribution in [1.82, 2.24) is 15.8 Å². The molecule has 0 atom stereocenters. The largest absolute Gasteiger partial charge is 0.298 e. The minimum absolute atomic E-state index is 0.295. The van der Waals surface area contributed by atoms with E-state index in [1.807, 2.05) is 19.2 Å². The highest BCUT2D eigenvalue weighted by Crippen LogP contribution is 2.17. The summed E-state index contributed by atoms with van der Waals surface area (Å²) in [6.45, 7) is 5.33. The van der Waals surface area contributed by atoms with Gasteiger partial charge in [-0.25, -0.2) is 4.98 Å². The molecule has 0 aliphatic carbocycles. The monoisotopic (exact) mass is 227 g/mol. The fraction of sp³-hybridized carbons (Fsp3) is 0.444. The van der Waals surface area contributed by atoms with Gasteiger partial charge in [-0.2, -0.15) is 0 Å². The van der Waals surface area contributed by atoms with E-state index in [2.05, 4.69) is 15.8 Å². The minimum Gasteiger partial charge on any atom is -0.274 e. The highest BCUT2D eigenvalue weighted by atomic mass is 32.1. The molecule has 1 rings (SSSR count). The van der Waals surface area contributed by atoms with Crippen molar-refractivity contribution in [3.05, 3.63) is 16.1 Å². The summed E-state index contributed by atoms with van der Waals surface area (Å²) in [5.74, 6) is -0.408. The van der Waals surface area contributed by atoms with E-state index in [0.717, 1.165) is 5.69 Å². The van der Waals surface area contributed by atoms with Gasteiger partial charge in [0.1, 0.15) is 0 Å². The summed E-state index contributed by atoms with van der Waals surface area (Å²) in [5, 5.41) is 2.19. The molecule has 0 unspecified atom stereocenters. The van der Waals surface area contributed by atoms with Crippen molar-refractivity contribution in [3.8, 4) is 0 Å². The Balaban J connectivity index is 2.62. The highest BCUT2D eigenvalue weighted by Gasteiger charge is 2.12. The number of amides is 2. The van der Waals surface area contributed by atoms with E-state index in [1.165, 1.54) is 18.3 Å². The first-order valence-electron chi connectivity index (χ1n) is 4.53. The SMILES string of the molecule is CC(=O)NNC(=O)c1nc(C(C)C)cs1. The van der Waals surface area contributed by atoms with Gasteiger partial charge in [-0.05, 0) is 5.92 Å². The molecule has 2 amide bonds. The number of rotatable bonds is 2. The number of nitrogens with zero attached hydrogens (tertiary/aromatic N) is 1. The van der Waals surface area contributed by atoms with Crippen LogP contribution in [0.25, 0.3) is 0 Å². The van der Waals surface area contributed by atoms with E-state index in [-0.39, 0.29) is 11.8 Å². The maximum absolute atomic E-state index is 11.4. The molecule has 1 aromatic rings. The lowest BCUT2D eigenvalue weighted by molar-refractivity contribution is -0.119. The second-order valence-corrected chi connectivity index (χ2v) is 4.23. The number of aromatic nitrogens is 1. The number of hydrogen-bond acceptors (Lipinski definition) is 4. The second-order valence-electron chi connectivity index (χ2n) is 3.37. The molecule has 1 aromatic heterocycles. The predicted octanol–water partition coefficient (Wildman–Crippen LogP) is 1.05. The fourth-order valence-corrected chi connectivity index (χ4v) is 1.73. The van der Waals surface area contributed by atoms with Crippen molar-refractivity contribution in [1.29, 1.82) is 0 Å². The quantitative estimate of drug-likeness (QED) is 0.742. The number of hydrogen-bond donors (Lipinski definition) is 2. The van der Waals surface area contributed by atoms with E-state index in [9.17, 15) is 9.59 Å². The van der Waals surface area contributed by atoms with Crippen LogP contribution in [-0.4, -0.2) is 16.8 Å². The molecular weight excluding hydrogens is 214 g/mol. The van der Waals surface area contributed by atoms with Crippen molar-refractivity contribution in [3.63, 3.8) is 0 Å². The lowest BCUT2D eigenvalue weighted by Crippen LogP contribution is -2.40. The smallest absolute Gasteiger partial charge is 0.274 e. The maximum Gasteiger partial charge on any atom is 0.298 e. The van der Waals surface area contributed by atoms with Crippen molar-refractivity contribution in [2.75, 3.05) is 0 Å². The Labute approximate surface area is 91.9 Å². The normalized spacial score (nSPS) is 10.1. The lowest BCUT2D eigenvalue weighted by atomic mass is 10.2. The third-order valence-electron chi connectivity index (χ3n) is 1.66. The third kappa shape index (κ3) is 3.32. The summed E-state index contributed by atoms with van der Waals surface area (Å²) in [6.07, 6.45) is 0. The van der Waals surface area contributed by atoms with Crippen LogP contribution in [0.3, 0.4) is 0 Å². The van der Waals surface area contributed by atoms with Gasteiger partial charge in [0.2, 0.25) is 5.91 Å². The van der Waals surface area contributed by atoms with Gasteiger partial charge in [-0.3, -0.25) is 20.4 Å². The molecule has 0 saturated heterocycles. The summed E-state index contributed by atoms with van der Waals surface area (Å²) in [7, 11) is 0. The Kier molecular flexibility index (Phi) is 3.79. The molecule has 0 aliphatic heterocycles. The van der Waals surface area contributed by atoms with Crippen LogP contribution in [-0.2, 0) is 4.79 Å². The fourth-order valence-electron chi connectivity index (χ4n) is 0.854. The van der Waals surface area contributed by atoms with Crippen LogP contribution in [0.4, 0.5) is 0 Å². The molecule has 0 bridgehead atoms. The van der Waals surface area contributed by atoms with Crippen molar-refractivity contribution < 1.29 is 9.59 Å². The molecule has 6 heteroatoms. The number of carbonyl (C=O) groups excluding carboxylic acids is 2. The van der Waals surface area contributed by atoms with Crippen LogP contribution >= 0.6 is 11.3 Å². The van der Waals surface area contributed by atoms with Crippen LogP contribution in [0, 0.1) is 0 Å². The second kappa shape index (κ2) is 4.88. The maximum atomic E-state index is 11.4. The Morgan fingerprint density at radius 2 is 2.07 bits per heavy atom. The lowest BCUT2D eigenvalue weighted by Gasteiger charge is -2.01. The van der Waals surface area contributed by atoms with Gasteiger partial charge in [0.25, 0.3) is 5.91 Å². The van der Waals surface area contributed by atoms with Crippen LogP contribution in [0.1, 0.15) is 42.2 Å². The van der Waals surface area contributed by atoms with E-state index in [4.69, 9.17) is 0 Å². The minimum atomic E-state index is -0.387. The first-order chi connectivity index (χ1) is 7.00. The zero-order valence-electron chi connectivity index (χ0n) is 8.83. The van der Waals surface area contributed by atoms with E-state index >= 15 is 0 Å². The van der Waals surface area contributed by atoms with Crippen LogP contribution in [0.15, 0.2) is 5.38 Å². The van der Waals surface area contributed by atoms with Crippen molar-refractivity contribution in [2.45, 2.75) is 26.7 Å². The number of carbonyl (C=O) groups is 2. The zero-order valence-corrected chi connectivity index (χ0v) is 9.64. The van der Waals surface area contributed by atoms with Crippen molar-refractivity contribution in [2.24, 2.45) is 0 Å². The molecule has 1 heterocycles. The van der Waals surface area contributed by atoms with Crippen LogP contribution in [0.5, 0.6) is 0 Å². The molecule has 5 nitrogen and oxygen atoms in total. The molecule has 15 heavy (non-hydrogen) atoms. The van der Waals surface area contributed by atoms with Gasteiger partial charge in [-0.1, -0.05) is 13.8 Å². The zero-order chi connectivity index (χ0) is 11.4. The summed E-state index contributed by atoms with van der Waals surface area (Å²) < 4.78 is 0. The molecule has 0 aromatic carbocycles. The van der Waals surface area contributed by atoms with Gasteiger partial charge < -0.3 is 0 Å². The van der Waals surface area contributed by atoms with Gasteiger partial charge in [0.05, 0.1) is 5.69 Å². The standard InChI is InChI=1S/C9H13N3O2S/c1-5(2)7-4-15-9(10-7)8(14)12-11-6(3)13/h4-5H,1-3H3,(H,11,13)(H,12,14). The van der Waals surface area contributed by atoms with Crippen LogP contribution in [0.2, 0.25) is 0 Å². The highest BCUT2D eigenvalue weighted by molar-refractivity contribution is 7.11. The molecule has 0 saturated carbocycles. The molecule has 2 N–H and O–H groups in total. The van der Waals surface area contributed by atoms with Crippen molar-refractivity contribution >= 4 is 23.2 Å². The van der Waals surface area contributed by atoms with Gasteiger partial charge in [0.15, 0.2) is 5.01 Å². The first-order valence-corrected chi connectivity index (χ1v) is 5.41. The number of nitrogens with one attached hydrogen (secondary N) is 2.